The summed E-state index contributed by atoms with van der Waals surface area (Å²) in [5, 5.41) is 0.542. The molecular weight excluding hydrogens is 392 g/mol. The van der Waals surface area contributed by atoms with E-state index in [0.717, 1.165) is 4.90 Å². The first-order valence-electron chi connectivity index (χ1n) is 8.91. The Balaban J connectivity index is 1.76. The number of aliphatic imine (C=N–C) groups is 2. The Hall–Kier alpha value is -3.32. The van der Waals surface area contributed by atoms with Gasteiger partial charge in [0.05, 0.1) is 0 Å². The number of benzene rings is 2. The van der Waals surface area contributed by atoms with Crippen LogP contribution in [0.3, 0.4) is 0 Å². The summed E-state index contributed by atoms with van der Waals surface area (Å²) in [5.74, 6) is -0.672. The average molecular weight is 409 g/mol. The Morgan fingerprint density at radius 2 is 1.76 bits per heavy atom. The molecule has 1 fully saturated rings. The highest BCUT2D eigenvalue weighted by atomic mass is 35.5. The van der Waals surface area contributed by atoms with Crippen molar-refractivity contribution >= 4 is 41.4 Å². The second kappa shape index (κ2) is 6.93. The van der Waals surface area contributed by atoms with Crippen LogP contribution in [0.4, 0.5) is 4.79 Å². The quantitative estimate of drug-likeness (QED) is 0.729. The Labute approximate surface area is 172 Å². The number of rotatable bonds is 4. The van der Waals surface area contributed by atoms with Gasteiger partial charge in [0, 0.05) is 36.7 Å². The van der Waals surface area contributed by atoms with E-state index in [1.807, 2.05) is 0 Å². The summed E-state index contributed by atoms with van der Waals surface area (Å²) in [7, 11) is 2.98. The summed E-state index contributed by atoms with van der Waals surface area (Å²) in [6.07, 6.45) is 1.44. The zero-order valence-corrected chi connectivity index (χ0v) is 16.6. The van der Waals surface area contributed by atoms with E-state index >= 15 is 0 Å². The van der Waals surface area contributed by atoms with E-state index in [-0.39, 0.29) is 17.9 Å². The molecule has 0 aliphatic carbocycles. The van der Waals surface area contributed by atoms with Crippen molar-refractivity contribution in [1.29, 1.82) is 0 Å². The number of fused-ring (bicyclic) bond motifs is 1. The van der Waals surface area contributed by atoms with Crippen LogP contribution in [0.5, 0.6) is 0 Å². The normalized spacial score (nSPS) is 20.7. The van der Waals surface area contributed by atoms with E-state index in [9.17, 15) is 14.4 Å². The Morgan fingerprint density at radius 1 is 1.07 bits per heavy atom. The van der Waals surface area contributed by atoms with Crippen LogP contribution in [0, 0.1) is 0 Å². The maximum absolute atomic E-state index is 13.1. The van der Waals surface area contributed by atoms with Gasteiger partial charge in [-0.2, -0.15) is 0 Å². The Kier molecular flexibility index (Phi) is 4.55. The third-order valence-corrected chi connectivity index (χ3v) is 5.53. The minimum absolute atomic E-state index is 0.152. The molecule has 1 saturated heterocycles. The van der Waals surface area contributed by atoms with Gasteiger partial charge in [-0.3, -0.25) is 19.4 Å². The van der Waals surface area contributed by atoms with Crippen molar-refractivity contribution in [3.63, 3.8) is 0 Å². The monoisotopic (exact) mass is 408 g/mol. The maximum atomic E-state index is 13.1. The first-order valence-corrected chi connectivity index (χ1v) is 9.29. The minimum atomic E-state index is -1.27. The summed E-state index contributed by atoms with van der Waals surface area (Å²) in [6, 6.07) is 13.2. The van der Waals surface area contributed by atoms with Crippen LogP contribution < -0.4 is 0 Å². The van der Waals surface area contributed by atoms with Gasteiger partial charge in [-0.1, -0.05) is 35.9 Å². The topological polar surface area (TPSA) is 82.4 Å². The molecule has 3 amide bonds. The summed E-state index contributed by atoms with van der Waals surface area (Å²) >= 11 is 5.92. The van der Waals surface area contributed by atoms with Crippen LogP contribution in [-0.2, 0) is 11.2 Å². The van der Waals surface area contributed by atoms with Gasteiger partial charge in [-0.25, -0.2) is 14.8 Å². The van der Waals surface area contributed by atoms with Gasteiger partial charge in [-0.15, -0.1) is 0 Å². The molecular formula is C21H17ClN4O3. The fourth-order valence-corrected chi connectivity index (χ4v) is 3.74. The first-order chi connectivity index (χ1) is 13.8. The van der Waals surface area contributed by atoms with Crippen molar-refractivity contribution < 1.29 is 14.4 Å². The lowest BCUT2D eigenvalue weighted by Gasteiger charge is -2.43. The van der Waals surface area contributed by atoms with Gasteiger partial charge in [0.15, 0.2) is 17.2 Å². The molecule has 1 atom stereocenters. The number of carbonyl (C=O) groups excluding carboxylic acids is 3. The fourth-order valence-electron chi connectivity index (χ4n) is 3.61. The van der Waals surface area contributed by atoms with E-state index in [4.69, 9.17) is 11.6 Å². The molecule has 2 aromatic carbocycles. The van der Waals surface area contributed by atoms with Crippen LogP contribution in [0.15, 0.2) is 58.5 Å². The Bertz CT molecular complexity index is 1090. The standard InChI is InChI=1S/C21H17ClN4O3/c1-25-19(28)18-21(24-12-23-18,26(2)20(25)29)11-14-5-3-4-6-16(14)17(27)13-7-9-15(22)10-8-13/h3-10,12H,11H2,1-2H3. The number of nitrogens with zero attached hydrogens (tertiary/aromatic N) is 4. The molecule has 2 aliphatic rings. The molecule has 1 unspecified atom stereocenters. The minimum Gasteiger partial charge on any atom is -0.297 e. The lowest BCUT2D eigenvalue weighted by Crippen LogP contribution is -2.66. The van der Waals surface area contributed by atoms with E-state index in [0.29, 0.717) is 21.7 Å². The number of urea groups is 1. The summed E-state index contributed by atoms with van der Waals surface area (Å²) < 4.78 is 0. The molecule has 8 heteroatoms. The van der Waals surface area contributed by atoms with E-state index < -0.39 is 17.6 Å². The molecule has 2 heterocycles. The molecule has 29 heavy (non-hydrogen) atoms. The van der Waals surface area contributed by atoms with Crippen LogP contribution >= 0.6 is 11.6 Å². The number of likely N-dealkylation sites (N-methyl/N-ethyl adjacent to an activating group) is 1. The van der Waals surface area contributed by atoms with Crippen molar-refractivity contribution in [2.24, 2.45) is 9.98 Å². The summed E-state index contributed by atoms with van der Waals surface area (Å²) in [4.78, 5) is 49.2. The zero-order valence-electron chi connectivity index (χ0n) is 15.8. The SMILES string of the molecule is CN1C(=O)C2=NC=NC2(Cc2ccccc2C(=O)c2ccc(Cl)cc2)N(C)C1=O. The molecule has 4 rings (SSSR count). The lowest BCUT2D eigenvalue weighted by atomic mass is 9.87. The van der Waals surface area contributed by atoms with Gasteiger partial charge < -0.3 is 0 Å². The van der Waals surface area contributed by atoms with Crippen molar-refractivity contribution in [3.8, 4) is 0 Å². The predicted molar refractivity (Wildman–Crippen MR) is 110 cm³/mol. The number of ketones is 1. The van der Waals surface area contributed by atoms with Gasteiger partial charge in [0.1, 0.15) is 6.34 Å². The third-order valence-electron chi connectivity index (χ3n) is 5.28. The molecule has 2 aliphatic heterocycles. The van der Waals surface area contributed by atoms with Gasteiger partial charge >= 0.3 is 6.03 Å². The number of hydrogen-bond donors (Lipinski definition) is 0. The average Bonchev–Trinajstić information content (AvgIpc) is 3.16. The molecule has 0 saturated carbocycles. The van der Waals surface area contributed by atoms with E-state index in [2.05, 4.69) is 9.98 Å². The molecule has 146 valence electrons. The zero-order chi connectivity index (χ0) is 20.8. The lowest BCUT2D eigenvalue weighted by molar-refractivity contribution is -0.122. The van der Waals surface area contributed by atoms with Crippen molar-refractivity contribution in [3.05, 3.63) is 70.2 Å². The first kappa shape index (κ1) is 19.0. The summed E-state index contributed by atoms with van der Waals surface area (Å²) in [5.41, 5.74) is 0.522. The predicted octanol–water partition coefficient (Wildman–Crippen LogP) is 2.82. The molecule has 0 spiro atoms. The number of hydrogen-bond acceptors (Lipinski definition) is 5. The highest BCUT2D eigenvalue weighted by Crippen LogP contribution is 2.33. The highest BCUT2D eigenvalue weighted by molar-refractivity contribution is 6.48. The summed E-state index contributed by atoms with van der Waals surface area (Å²) in [6.45, 7) is 0. The number of carbonyl (C=O) groups is 3. The largest absolute Gasteiger partial charge is 0.328 e. The second-order valence-electron chi connectivity index (χ2n) is 6.91. The smallest absolute Gasteiger partial charge is 0.297 e. The Morgan fingerprint density at radius 3 is 2.48 bits per heavy atom. The van der Waals surface area contributed by atoms with E-state index in [1.54, 1.807) is 55.6 Å². The number of amides is 3. The van der Waals surface area contributed by atoms with Crippen LogP contribution in [-0.4, -0.2) is 59.3 Å². The van der Waals surface area contributed by atoms with Crippen molar-refractivity contribution in [1.82, 2.24) is 9.80 Å². The number of imide groups is 1. The molecule has 2 aromatic rings. The van der Waals surface area contributed by atoms with Gasteiger partial charge in [0.2, 0.25) is 0 Å². The van der Waals surface area contributed by atoms with Crippen LogP contribution in [0.2, 0.25) is 5.02 Å². The molecule has 0 radical (unpaired) electrons. The van der Waals surface area contributed by atoms with Gasteiger partial charge in [0.25, 0.3) is 5.91 Å². The van der Waals surface area contributed by atoms with Crippen molar-refractivity contribution in [2.45, 2.75) is 12.1 Å². The fraction of sp³-hybridized carbons (Fsp3) is 0.190. The van der Waals surface area contributed by atoms with Crippen LogP contribution in [0.25, 0.3) is 0 Å². The highest BCUT2D eigenvalue weighted by Gasteiger charge is 2.54. The van der Waals surface area contributed by atoms with Crippen LogP contribution in [0.1, 0.15) is 21.5 Å². The van der Waals surface area contributed by atoms with E-state index in [1.165, 1.54) is 18.3 Å². The molecule has 0 aromatic heterocycles. The molecule has 0 bridgehead atoms. The second-order valence-corrected chi connectivity index (χ2v) is 7.35. The van der Waals surface area contributed by atoms with Gasteiger partial charge in [-0.05, 0) is 29.8 Å². The molecule has 0 N–H and O–H groups in total. The number of halogens is 1. The molecule has 7 nitrogen and oxygen atoms in total. The van der Waals surface area contributed by atoms with Crippen molar-refractivity contribution in [2.75, 3.05) is 14.1 Å². The maximum Gasteiger partial charge on any atom is 0.328 e. The third kappa shape index (κ3) is 2.94.